The summed E-state index contributed by atoms with van der Waals surface area (Å²) in [6, 6.07) is 5.77. The van der Waals surface area contributed by atoms with Gasteiger partial charge in [-0.05, 0) is 31.5 Å². The van der Waals surface area contributed by atoms with E-state index in [1.165, 1.54) is 5.56 Å². The molecule has 0 fully saturated rings. The molecule has 0 saturated heterocycles. The van der Waals surface area contributed by atoms with E-state index in [4.69, 9.17) is 4.74 Å². The predicted molar refractivity (Wildman–Crippen MR) is 68.9 cm³/mol. The van der Waals surface area contributed by atoms with Gasteiger partial charge < -0.3 is 15.2 Å². The lowest BCUT2D eigenvalue weighted by atomic mass is 9.86. The van der Waals surface area contributed by atoms with Crippen molar-refractivity contribution in [2.75, 3.05) is 13.2 Å². The number of hydrogen-bond acceptors (Lipinski definition) is 3. The van der Waals surface area contributed by atoms with E-state index in [0.29, 0.717) is 6.61 Å². The van der Waals surface area contributed by atoms with Crippen molar-refractivity contribution >= 4 is 5.97 Å². The summed E-state index contributed by atoms with van der Waals surface area (Å²) < 4.78 is 5.63. The van der Waals surface area contributed by atoms with Gasteiger partial charge in [-0.25, -0.2) is 0 Å². The zero-order valence-corrected chi connectivity index (χ0v) is 10.8. The van der Waals surface area contributed by atoms with Crippen LogP contribution in [0.25, 0.3) is 0 Å². The van der Waals surface area contributed by atoms with Crippen molar-refractivity contribution < 1.29 is 14.6 Å². The van der Waals surface area contributed by atoms with Crippen molar-refractivity contribution in [1.82, 2.24) is 5.32 Å². The van der Waals surface area contributed by atoms with Gasteiger partial charge in [0, 0.05) is 11.6 Å². The maximum atomic E-state index is 11.2. The lowest BCUT2D eigenvalue weighted by molar-refractivity contribution is -0.142. The molecule has 1 aliphatic heterocycles. The lowest BCUT2D eigenvalue weighted by Gasteiger charge is -2.31. The zero-order valence-electron chi connectivity index (χ0n) is 10.8. The summed E-state index contributed by atoms with van der Waals surface area (Å²) in [6.45, 7) is 5.07. The molecule has 0 radical (unpaired) electrons. The molecule has 1 aromatic rings. The number of aliphatic carboxylic acids is 1. The average molecular weight is 249 g/mol. The SMILES string of the molecule is CCOc1cccc2c1C(C(C)C(=O)O)NCC2. The van der Waals surface area contributed by atoms with Crippen LogP contribution in [0.5, 0.6) is 5.75 Å². The summed E-state index contributed by atoms with van der Waals surface area (Å²) >= 11 is 0. The van der Waals surface area contributed by atoms with E-state index in [1.807, 2.05) is 19.1 Å². The molecule has 1 heterocycles. The maximum Gasteiger partial charge on any atom is 0.308 e. The Morgan fingerprint density at radius 2 is 2.39 bits per heavy atom. The first kappa shape index (κ1) is 12.9. The van der Waals surface area contributed by atoms with E-state index in [-0.39, 0.29) is 6.04 Å². The molecule has 98 valence electrons. The normalized spacial score (nSPS) is 20.0. The largest absolute Gasteiger partial charge is 0.494 e. The Morgan fingerprint density at radius 3 is 3.06 bits per heavy atom. The molecule has 2 rings (SSSR count). The first-order valence-electron chi connectivity index (χ1n) is 6.36. The van der Waals surface area contributed by atoms with Gasteiger partial charge in [-0.3, -0.25) is 4.79 Å². The molecule has 0 amide bonds. The van der Waals surface area contributed by atoms with Crippen LogP contribution >= 0.6 is 0 Å². The van der Waals surface area contributed by atoms with E-state index in [2.05, 4.69) is 11.4 Å². The molecular weight excluding hydrogens is 230 g/mol. The third kappa shape index (κ3) is 2.34. The van der Waals surface area contributed by atoms with Crippen LogP contribution in [-0.4, -0.2) is 24.2 Å². The predicted octanol–water partition coefficient (Wildman–Crippen LogP) is 1.99. The maximum absolute atomic E-state index is 11.2. The van der Waals surface area contributed by atoms with Crippen molar-refractivity contribution in [3.63, 3.8) is 0 Å². The molecular formula is C14H19NO3. The summed E-state index contributed by atoms with van der Waals surface area (Å²) in [5.41, 5.74) is 2.21. The van der Waals surface area contributed by atoms with Crippen molar-refractivity contribution in [2.45, 2.75) is 26.3 Å². The van der Waals surface area contributed by atoms with Crippen molar-refractivity contribution in [3.05, 3.63) is 29.3 Å². The zero-order chi connectivity index (χ0) is 13.1. The summed E-state index contributed by atoms with van der Waals surface area (Å²) in [5, 5.41) is 12.5. The van der Waals surface area contributed by atoms with Crippen LogP contribution in [0.2, 0.25) is 0 Å². The minimum Gasteiger partial charge on any atom is -0.494 e. The first-order chi connectivity index (χ1) is 8.65. The van der Waals surface area contributed by atoms with Crippen LogP contribution in [0.3, 0.4) is 0 Å². The fourth-order valence-corrected chi connectivity index (χ4v) is 2.48. The Hall–Kier alpha value is -1.55. The number of hydrogen-bond donors (Lipinski definition) is 2. The van der Waals surface area contributed by atoms with Crippen LogP contribution in [0.15, 0.2) is 18.2 Å². The van der Waals surface area contributed by atoms with Crippen molar-refractivity contribution in [1.29, 1.82) is 0 Å². The molecule has 0 saturated carbocycles. The summed E-state index contributed by atoms with van der Waals surface area (Å²) in [5.74, 6) is -0.447. The number of fused-ring (bicyclic) bond motifs is 1. The second-order valence-electron chi connectivity index (χ2n) is 4.57. The average Bonchev–Trinajstić information content (AvgIpc) is 2.37. The highest BCUT2D eigenvalue weighted by Crippen LogP contribution is 2.36. The van der Waals surface area contributed by atoms with Gasteiger partial charge in [0.05, 0.1) is 12.5 Å². The fraction of sp³-hybridized carbons (Fsp3) is 0.500. The smallest absolute Gasteiger partial charge is 0.308 e. The number of ether oxygens (including phenoxy) is 1. The Balaban J connectivity index is 2.42. The third-order valence-electron chi connectivity index (χ3n) is 3.42. The standard InChI is InChI=1S/C14H19NO3/c1-3-18-11-6-4-5-10-7-8-15-13(12(10)11)9(2)14(16)17/h4-6,9,13,15H,3,7-8H2,1-2H3,(H,16,17). The molecule has 4 heteroatoms. The first-order valence-corrected chi connectivity index (χ1v) is 6.36. The fourth-order valence-electron chi connectivity index (χ4n) is 2.48. The van der Waals surface area contributed by atoms with Crippen LogP contribution in [0.4, 0.5) is 0 Å². The minimum atomic E-state index is -0.786. The molecule has 2 unspecified atom stereocenters. The molecule has 0 bridgehead atoms. The van der Waals surface area contributed by atoms with Gasteiger partial charge in [0.25, 0.3) is 0 Å². The van der Waals surface area contributed by atoms with Gasteiger partial charge in [0.1, 0.15) is 5.75 Å². The molecule has 2 N–H and O–H groups in total. The Labute approximate surface area is 107 Å². The number of rotatable bonds is 4. The van der Waals surface area contributed by atoms with Crippen molar-refractivity contribution in [2.24, 2.45) is 5.92 Å². The topological polar surface area (TPSA) is 58.6 Å². The molecule has 1 aliphatic rings. The molecule has 1 aromatic carbocycles. The molecule has 0 aliphatic carbocycles. The van der Waals surface area contributed by atoms with Crippen molar-refractivity contribution in [3.8, 4) is 5.75 Å². The number of carboxylic acid groups (broad SMARTS) is 1. The second kappa shape index (κ2) is 5.40. The highest BCUT2D eigenvalue weighted by atomic mass is 16.5. The van der Waals surface area contributed by atoms with E-state index in [0.717, 1.165) is 24.3 Å². The van der Waals surface area contributed by atoms with Gasteiger partial charge in [0.2, 0.25) is 0 Å². The molecule has 0 spiro atoms. The summed E-state index contributed by atoms with van der Waals surface area (Å²) in [4.78, 5) is 11.2. The van der Waals surface area contributed by atoms with Crippen LogP contribution in [0, 0.1) is 5.92 Å². The van der Waals surface area contributed by atoms with E-state index in [1.54, 1.807) is 6.92 Å². The monoisotopic (exact) mass is 249 g/mol. The molecule has 2 atom stereocenters. The van der Waals surface area contributed by atoms with Gasteiger partial charge in [-0.1, -0.05) is 19.1 Å². The molecule has 4 nitrogen and oxygen atoms in total. The summed E-state index contributed by atoms with van der Waals surface area (Å²) in [6.07, 6.45) is 0.916. The number of carboxylic acids is 1. The van der Waals surface area contributed by atoms with Gasteiger partial charge in [-0.2, -0.15) is 0 Å². The molecule has 0 aromatic heterocycles. The van der Waals surface area contributed by atoms with Crippen LogP contribution in [-0.2, 0) is 11.2 Å². The van der Waals surface area contributed by atoms with E-state index < -0.39 is 11.9 Å². The Morgan fingerprint density at radius 1 is 1.61 bits per heavy atom. The third-order valence-corrected chi connectivity index (χ3v) is 3.42. The number of carbonyl (C=O) groups is 1. The van der Waals surface area contributed by atoms with Gasteiger partial charge >= 0.3 is 5.97 Å². The van der Waals surface area contributed by atoms with E-state index >= 15 is 0 Å². The Bertz CT molecular complexity index is 445. The highest BCUT2D eigenvalue weighted by molar-refractivity contribution is 5.71. The van der Waals surface area contributed by atoms with Crippen LogP contribution in [0.1, 0.15) is 31.0 Å². The molecule has 18 heavy (non-hydrogen) atoms. The Kier molecular flexibility index (Phi) is 3.87. The van der Waals surface area contributed by atoms with Gasteiger partial charge in [0.15, 0.2) is 0 Å². The number of nitrogens with one attached hydrogen (secondary N) is 1. The van der Waals surface area contributed by atoms with E-state index in [9.17, 15) is 9.90 Å². The van der Waals surface area contributed by atoms with Crippen LogP contribution < -0.4 is 10.1 Å². The minimum absolute atomic E-state index is 0.172. The van der Waals surface area contributed by atoms with Gasteiger partial charge in [-0.15, -0.1) is 0 Å². The quantitative estimate of drug-likeness (QED) is 0.856. The lowest BCUT2D eigenvalue weighted by Crippen LogP contribution is -2.37. The summed E-state index contributed by atoms with van der Waals surface area (Å²) in [7, 11) is 0. The number of benzene rings is 1. The second-order valence-corrected chi connectivity index (χ2v) is 4.57. The highest BCUT2D eigenvalue weighted by Gasteiger charge is 2.31.